The van der Waals surface area contributed by atoms with Gasteiger partial charge in [-0.05, 0) is 12.9 Å². The van der Waals surface area contributed by atoms with Gasteiger partial charge in [-0.1, -0.05) is 0 Å². The molecule has 2 aliphatic rings. The average Bonchev–Trinajstić information content (AvgIpc) is 2.56. The summed E-state index contributed by atoms with van der Waals surface area (Å²) in [6.07, 6.45) is -0.685. The van der Waals surface area contributed by atoms with Gasteiger partial charge in [-0.25, -0.2) is 0 Å². The van der Waals surface area contributed by atoms with Crippen LogP contribution < -0.4 is 0 Å². The Labute approximate surface area is 77.2 Å². The van der Waals surface area contributed by atoms with Crippen LogP contribution in [0.5, 0.6) is 0 Å². The first kappa shape index (κ1) is 8.84. The van der Waals surface area contributed by atoms with Gasteiger partial charge < -0.3 is 18.8 Å². The van der Waals surface area contributed by atoms with Crippen LogP contribution in [0.3, 0.4) is 0 Å². The first-order valence-electron chi connectivity index (χ1n) is 3.69. The second-order valence-electron chi connectivity index (χ2n) is 3.11. The molecule has 1 N–H and O–H groups in total. The number of aliphatic hydroxyl groups is 1. The lowest BCUT2D eigenvalue weighted by Crippen LogP contribution is -2.44. The fourth-order valence-electron chi connectivity index (χ4n) is 1.74. The molecule has 6 heteroatoms. The van der Waals surface area contributed by atoms with Gasteiger partial charge in [-0.15, -0.1) is 0 Å². The molecule has 0 aromatic carbocycles. The molecule has 2 heterocycles. The zero-order valence-corrected chi connectivity index (χ0v) is 7.24. The smallest absolute Gasteiger partial charge is 0.144 e. The number of fused-ring (bicyclic) bond motifs is 2. The molecule has 0 aromatic heterocycles. The lowest BCUT2D eigenvalue weighted by atomic mass is 9.92. The molecule has 2 aliphatic heterocycles. The molecule has 2 bridgehead atoms. The molecule has 2 radical (unpaired) electrons. The van der Waals surface area contributed by atoms with Crippen molar-refractivity contribution in [1.82, 2.24) is 0 Å². The lowest BCUT2D eigenvalue weighted by Gasteiger charge is -2.27. The highest BCUT2D eigenvalue weighted by Crippen LogP contribution is 2.40. The molecule has 2 rings (SSSR count). The standard InChI is InChI=1S/C6H9BO4S/c7-5-3-4(11-12)6(1-8,10-5)2-9-3/h3-5,8,12H,1-2H2/t3?,4?,5-,6+/m1/s1. The van der Waals surface area contributed by atoms with Crippen LogP contribution in [0.1, 0.15) is 0 Å². The molecule has 2 saturated heterocycles. The van der Waals surface area contributed by atoms with Crippen molar-refractivity contribution < 1.29 is 18.8 Å². The molecule has 4 atom stereocenters. The van der Waals surface area contributed by atoms with E-state index in [1.807, 2.05) is 0 Å². The zero-order valence-electron chi connectivity index (χ0n) is 6.34. The predicted octanol–water partition coefficient (Wildman–Crippen LogP) is -1.13. The van der Waals surface area contributed by atoms with Crippen LogP contribution in [0.4, 0.5) is 0 Å². The maximum absolute atomic E-state index is 9.09. The third-order valence-electron chi connectivity index (χ3n) is 2.41. The van der Waals surface area contributed by atoms with Crippen LogP contribution >= 0.6 is 12.9 Å². The topological polar surface area (TPSA) is 47.9 Å². The van der Waals surface area contributed by atoms with Crippen LogP contribution in [0.25, 0.3) is 0 Å². The second-order valence-corrected chi connectivity index (χ2v) is 3.32. The number of hydrogen-bond acceptors (Lipinski definition) is 5. The maximum atomic E-state index is 9.09. The van der Waals surface area contributed by atoms with E-state index in [0.29, 0.717) is 6.61 Å². The quantitative estimate of drug-likeness (QED) is 0.327. The van der Waals surface area contributed by atoms with E-state index in [4.69, 9.17) is 26.6 Å². The second kappa shape index (κ2) is 2.89. The van der Waals surface area contributed by atoms with Gasteiger partial charge in [0.05, 0.1) is 13.2 Å². The predicted molar refractivity (Wildman–Crippen MR) is 44.0 cm³/mol. The molecule has 12 heavy (non-hydrogen) atoms. The number of hydrogen-bond donors (Lipinski definition) is 2. The Kier molecular flexibility index (Phi) is 2.12. The Morgan fingerprint density at radius 3 is 2.92 bits per heavy atom. The van der Waals surface area contributed by atoms with Gasteiger partial charge in [-0.2, -0.15) is 0 Å². The maximum Gasteiger partial charge on any atom is 0.144 e. The number of aliphatic hydroxyl groups excluding tert-OH is 1. The highest BCUT2D eigenvalue weighted by molar-refractivity contribution is 7.75. The van der Waals surface area contributed by atoms with Gasteiger partial charge >= 0.3 is 0 Å². The van der Waals surface area contributed by atoms with Gasteiger partial charge in [0.25, 0.3) is 0 Å². The molecule has 0 amide bonds. The highest BCUT2D eigenvalue weighted by atomic mass is 32.1. The lowest BCUT2D eigenvalue weighted by molar-refractivity contribution is -0.134. The van der Waals surface area contributed by atoms with Gasteiger partial charge in [-0.3, -0.25) is 0 Å². The Bertz CT molecular complexity index is 192. The fraction of sp³-hybridized carbons (Fsp3) is 1.00. The van der Waals surface area contributed by atoms with E-state index >= 15 is 0 Å². The fourth-order valence-corrected chi connectivity index (χ4v) is 2.05. The Hall–Kier alpha value is 0.255. The number of rotatable bonds is 2. The average molecular weight is 188 g/mol. The van der Waals surface area contributed by atoms with E-state index in [-0.39, 0.29) is 18.8 Å². The molecule has 2 fully saturated rings. The minimum Gasteiger partial charge on any atom is -0.393 e. The molecule has 0 spiro atoms. The van der Waals surface area contributed by atoms with E-state index in [0.717, 1.165) is 0 Å². The summed E-state index contributed by atoms with van der Waals surface area (Å²) in [6.45, 7) is 0.148. The summed E-state index contributed by atoms with van der Waals surface area (Å²) in [5, 5.41) is 9.09. The summed E-state index contributed by atoms with van der Waals surface area (Å²) in [5.74, 6) is 0. The third-order valence-corrected chi connectivity index (χ3v) is 2.64. The first-order chi connectivity index (χ1) is 5.73. The van der Waals surface area contributed by atoms with Crippen molar-refractivity contribution in [3.63, 3.8) is 0 Å². The molecule has 0 aromatic rings. The largest absolute Gasteiger partial charge is 0.393 e. The van der Waals surface area contributed by atoms with Gasteiger partial charge in [0.15, 0.2) is 0 Å². The minimum atomic E-state index is -0.800. The van der Waals surface area contributed by atoms with Crippen LogP contribution in [0.2, 0.25) is 0 Å². The molecule has 4 nitrogen and oxygen atoms in total. The van der Waals surface area contributed by atoms with Gasteiger partial charge in [0.1, 0.15) is 25.7 Å². The Morgan fingerprint density at radius 1 is 1.75 bits per heavy atom. The third kappa shape index (κ3) is 0.960. The SMILES string of the molecule is [B][C@@H]1O[C@@]2(CO)COC1C2OS. The van der Waals surface area contributed by atoms with Crippen molar-refractivity contribution in [2.75, 3.05) is 13.2 Å². The molecule has 0 saturated carbocycles. The normalized spacial score (nSPS) is 51.7. The van der Waals surface area contributed by atoms with Crippen molar-refractivity contribution in [1.29, 1.82) is 0 Å². The summed E-state index contributed by atoms with van der Waals surface area (Å²) in [5.41, 5.74) is -0.800. The summed E-state index contributed by atoms with van der Waals surface area (Å²) in [6, 6.07) is -0.525. The van der Waals surface area contributed by atoms with Crippen molar-refractivity contribution in [3.8, 4) is 0 Å². The van der Waals surface area contributed by atoms with Gasteiger partial charge in [0, 0.05) is 6.00 Å². The highest BCUT2D eigenvalue weighted by Gasteiger charge is 2.60. The van der Waals surface area contributed by atoms with Crippen molar-refractivity contribution in [3.05, 3.63) is 0 Å². The van der Waals surface area contributed by atoms with Crippen molar-refractivity contribution in [2.45, 2.75) is 23.8 Å². The van der Waals surface area contributed by atoms with E-state index in [1.54, 1.807) is 0 Å². The van der Waals surface area contributed by atoms with Crippen LogP contribution in [0.15, 0.2) is 0 Å². The van der Waals surface area contributed by atoms with Crippen LogP contribution in [-0.2, 0) is 13.7 Å². The first-order valence-corrected chi connectivity index (χ1v) is 4.06. The molecule has 66 valence electrons. The van der Waals surface area contributed by atoms with Crippen molar-refractivity contribution in [2.24, 2.45) is 0 Å². The van der Waals surface area contributed by atoms with E-state index < -0.39 is 11.6 Å². The minimum absolute atomic E-state index is 0.164. The van der Waals surface area contributed by atoms with E-state index in [1.165, 1.54) is 0 Å². The van der Waals surface area contributed by atoms with Crippen molar-refractivity contribution >= 4 is 20.8 Å². The number of ether oxygens (including phenoxy) is 2. The molecular weight excluding hydrogens is 179 g/mol. The zero-order chi connectivity index (χ0) is 8.77. The van der Waals surface area contributed by atoms with Gasteiger partial charge in [0.2, 0.25) is 0 Å². The summed E-state index contributed by atoms with van der Waals surface area (Å²) < 4.78 is 15.5. The molecule has 0 aliphatic carbocycles. The molecule has 2 unspecified atom stereocenters. The number of thiol groups is 1. The monoisotopic (exact) mass is 188 g/mol. The van der Waals surface area contributed by atoms with E-state index in [2.05, 4.69) is 12.9 Å². The Balaban J connectivity index is 2.23. The summed E-state index contributed by atoms with van der Waals surface area (Å²) >= 11 is 3.70. The summed E-state index contributed by atoms with van der Waals surface area (Å²) in [4.78, 5) is 0. The summed E-state index contributed by atoms with van der Waals surface area (Å²) in [7, 11) is 5.57. The van der Waals surface area contributed by atoms with Crippen LogP contribution in [0, 0.1) is 0 Å². The van der Waals surface area contributed by atoms with Crippen LogP contribution in [-0.4, -0.2) is 50.0 Å². The Morgan fingerprint density at radius 2 is 2.50 bits per heavy atom. The molecular formula is C6H9BO4S. The van der Waals surface area contributed by atoms with E-state index in [9.17, 15) is 0 Å².